The van der Waals surface area contributed by atoms with Gasteiger partial charge in [0, 0.05) is 5.56 Å². The Bertz CT molecular complexity index is 983. The summed E-state index contributed by atoms with van der Waals surface area (Å²) in [7, 11) is 0. The third-order valence-electron chi connectivity index (χ3n) is 3.91. The normalized spacial score (nSPS) is 11.3. The van der Waals surface area contributed by atoms with Crippen molar-refractivity contribution in [1.29, 1.82) is 0 Å². The average molecular weight is 406 g/mol. The second-order valence-corrected chi connectivity index (χ2v) is 6.00. The van der Waals surface area contributed by atoms with Crippen molar-refractivity contribution in [3.05, 3.63) is 60.3 Å². The summed E-state index contributed by atoms with van der Waals surface area (Å²) < 4.78 is 46.2. The van der Waals surface area contributed by atoms with Crippen molar-refractivity contribution in [2.45, 2.75) is 6.18 Å². The molecule has 0 unspecified atom stereocenters. The van der Waals surface area contributed by atoms with Gasteiger partial charge in [-0.1, -0.05) is 0 Å². The number of nitrogens with zero attached hydrogens (tertiary/aromatic N) is 2. The first-order chi connectivity index (χ1) is 13.7. The van der Waals surface area contributed by atoms with Crippen LogP contribution in [0.25, 0.3) is 16.9 Å². The molecule has 0 bridgehead atoms. The Morgan fingerprint density at radius 1 is 1.14 bits per heavy atom. The number of amides is 2. The van der Waals surface area contributed by atoms with E-state index in [9.17, 15) is 23.1 Å². The smallest absolute Gasteiger partial charge is 0.435 e. The Hall–Kier alpha value is -3.69. The van der Waals surface area contributed by atoms with Gasteiger partial charge < -0.3 is 20.9 Å². The molecule has 0 saturated carbocycles. The van der Waals surface area contributed by atoms with Crippen molar-refractivity contribution in [3.8, 4) is 28.4 Å². The van der Waals surface area contributed by atoms with E-state index < -0.39 is 17.9 Å². The zero-order chi connectivity index (χ0) is 21.0. The lowest BCUT2D eigenvalue weighted by atomic mass is 10.1. The first-order valence-electron chi connectivity index (χ1n) is 8.47. The number of nitrogens with one attached hydrogen (secondary N) is 1. The van der Waals surface area contributed by atoms with E-state index >= 15 is 0 Å². The number of aromatic nitrogens is 2. The first kappa shape index (κ1) is 20.1. The monoisotopic (exact) mass is 406 g/mol. The highest BCUT2D eigenvalue weighted by Gasteiger charge is 2.35. The van der Waals surface area contributed by atoms with Gasteiger partial charge in [-0.15, -0.1) is 0 Å². The summed E-state index contributed by atoms with van der Waals surface area (Å²) in [5.74, 6) is 0.470. The van der Waals surface area contributed by atoms with E-state index in [0.717, 1.165) is 10.7 Å². The fourth-order valence-corrected chi connectivity index (χ4v) is 2.58. The molecular formula is C19H17F3N4O3. The Balaban J connectivity index is 1.88. The number of hydrogen-bond acceptors (Lipinski definition) is 4. The topological polar surface area (TPSA) is 102 Å². The van der Waals surface area contributed by atoms with Gasteiger partial charge in [-0.05, 0) is 54.6 Å². The van der Waals surface area contributed by atoms with E-state index in [1.807, 2.05) is 0 Å². The average Bonchev–Trinajstić information content (AvgIpc) is 3.12. The highest BCUT2D eigenvalue weighted by atomic mass is 19.4. The predicted octanol–water partition coefficient (Wildman–Crippen LogP) is 3.31. The Morgan fingerprint density at radius 3 is 2.38 bits per heavy atom. The number of phenols is 1. The van der Waals surface area contributed by atoms with Crippen LogP contribution in [0.3, 0.4) is 0 Å². The van der Waals surface area contributed by atoms with Crippen molar-refractivity contribution < 1.29 is 27.8 Å². The largest absolute Gasteiger partial charge is 0.508 e. The van der Waals surface area contributed by atoms with Gasteiger partial charge in [-0.3, -0.25) is 0 Å². The highest BCUT2D eigenvalue weighted by molar-refractivity contribution is 5.71. The third-order valence-corrected chi connectivity index (χ3v) is 3.91. The van der Waals surface area contributed by atoms with Crippen LogP contribution in [0.4, 0.5) is 18.0 Å². The standard InChI is InChI=1S/C19H17F3N4O3/c20-19(21,22)17-11-16(26(25-17)13-3-5-14(27)6-4-13)12-1-7-15(8-2-12)29-10-9-24-18(23)28/h1-8,11,27H,9-10H2,(H3,23,24,28). The Kier molecular flexibility index (Phi) is 5.62. The van der Waals surface area contributed by atoms with Gasteiger partial charge in [0.2, 0.25) is 0 Å². The van der Waals surface area contributed by atoms with Crippen LogP contribution in [0.1, 0.15) is 5.69 Å². The number of aromatic hydroxyl groups is 1. The molecule has 152 valence electrons. The SMILES string of the molecule is NC(=O)NCCOc1ccc(-c2cc(C(F)(F)F)nn2-c2ccc(O)cc2)cc1. The number of phenolic OH excluding ortho intramolecular Hbond substituents is 1. The summed E-state index contributed by atoms with van der Waals surface area (Å²) in [5, 5.41) is 15.5. The van der Waals surface area contributed by atoms with Gasteiger partial charge in [-0.25, -0.2) is 9.48 Å². The number of primary amides is 1. The number of carbonyl (C=O) groups excluding carboxylic acids is 1. The second kappa shape index (κ2) is 8.13. The van der Waals surface area contributed by atoms with Crippen molar-refractivity contribution in [1.82, 2.24) is 15.1 Å². The number of alkyl halides is 3. The predicted molar refractivity (Wildman–Crippen MR) is 98.7 cm³/mol. The van der Waals surface area contributed by atoms with Crippen LogP contribution >= 0.6 is 0 Å². The van der Waals surface area contributed by atoms with E-state index in [-0.39, 0.29) is 24.6 Å². The minimum Gasteiger partial charge on any atom is -0.508 e. The fraction of sp³-hybridized carbons (Fsp3) is 0.158. The Labute approximate surface area is 163 Å². The molecule has 1 heterocycles. The fourth-order valence-electron chi connectivity index (χ4n) is 2.58. The molecule has 1 aromatic heterocycles. The van der Waals surface area contributed by atoms with Gasteiger partial charge in [0.05, 0.1) is 17.9 Å². The molecule has 0 atom stereocenters. The number of urea groups is 1. The molecule has 0 saturated heterocycles. The van der Waals surface area contributed by atoms with Gasteiger partial charge >= 0.3 is 12.2 Å². The van der Waals surface area contributed by atoms with Crippen LogP contribution in [0.2, 0.25) is 0 Å². The minimum absolute atomic E-state index is 0.00849. The maximum atomic E-state index is 13.2. The summed E-state index contributed by atoms with van der Waals surface area (Å²) in [5.41, 5.74) is 5.01. The molecule has 3 rings (SSSR count). The quantitative estimate of drug-likeness (QED) is 0.547. The van der Waals surface area contributed by atoms with Crippen LogP contribution in [0, 0.1) is 0 Å². The van der Waals surface area contributed by atoms with Gasteiger partial charge in [0.25, 0.3) is 0 Å². The minimum atomic E-state index is -4.60. The molecule has 0 aliphatic carbocycles. The number of rotatable bonds is 6. The molecule has 3 aromatic rings. The van der Waals surface area contributed by atoms with E-state index in [1.54, 1.807) is 24.3 Å². The number of ether oxygens (including phenoxy) is 1. The molecule has 0 spiro atoms. The molecule has 29 heavy (non-hydrogen) atoms. The maximum Gasteiger partial charge on any atom is 0.435 e. The van der Waals surface area contributed by atoms with Crippen molar-refractivity contribution in [2.75, 3.05) is 13.2 Å². The number of benzene rings is 2. The van der Waals surface area contributed by atoms with Crippen molar-refractivity contribution >= 4 is 6.03 Å². The van der Waals surface area contributed by atoms with Crippen LogP contribution in [-0.4, -0.2) is 34.1 Å². The summed E-state index contributed by atoms with van der Waals surface area (Å²) in [4.78, 5) is 10.6. The van der Waals surface area contributed by atoms with Crippen LogP contribution in [0.15, 0.2) is 54.6 Å². The van der Waals surface area contributed by atoms with Gasteiger partial charge in [0.15, 0.2) is 5.69 Å². The number of nitrogens with two attached hydrogens (primary N) is 1. The van der Waals surface area contributed by atoms with Gasteiger partial charge in [0.1, 0.15) is 18.1 Å². The number of halogens is 3. The molecular weight excluding hydrogens is 389 g/mol. The molecule has 2 amide bonds. The van der Waals surface area contributed by atoms with E-state index in [4.69, 9.17) is 10.5 Å². The lowest BCUT2D eigenvalue weighted by Crippen LogP contribution is -2.32. The van der Waals surface area contributed by atoms with Crippen molar-refractivity contribution in [3.63, 3.8) is 0 Å². The van der Waals surface area contributed by atoms with E-state index in [2.05, 4.69) is 10.4 Å². The molecule has 4 N–H and O–H groups in total. The molecule has 2 aromatic carbocycles. The molecule has 0 aliphatic rings. The summed E-state index contributed by atoms with van der Waals surface area (Å²) in [6.45, 7) is 0.408. The summed E-state index contributed by atoms with van der Waals surface area (Å²) in [6, 6.07) is 12.4. The van der Waals surface area contributed by atoms with Crippen LogP contribution in [0.5, 0.6) is 11.5 Å². The highest BCUT2D eigenvalue weighted by Crippen LogP contribution is 2.34. The van der Waals surface area contributed by atoms with Crippen LogP contribution < -0.4 is 15.8 Å². The van der Waals surface area contributed by atoms with Crippen molar-refractivity contribution in [2.24, 2.45) is 5.73 Å². The molecule has 0 radical (unpaired) electrons. The zero-order valence-corrected chi connectivity index (χ0v) is 15.0. The summed E-state index contributed by atoms with van der Waals surface area (Å²) in [6.07, 6.45) is -4.60. The molecule has 10 heteroatoms. The lowest BCUT2D eigenvalue weighted by Gasteiger charge is -2.10. The van der Waals surface area contributed by atoms with Gasteiger partial charge in [-0.2, -0.15) is 18.3 Å². The lowest BCUT2D eigenvalue weighted by molar-refractivity contribution is -0.141. The van der Waals surface area contributed by atoms with E-state index in [1.165, 1.54) is 24.3 Å². The number of hydrogen-bond donors (Lipinski definition) is 3. The second-order valence-electron chi connectivity index (χ2n) is 6.00. The third kappa shape index (κ3) is 4.98. The van der Waals surface area contributed by atoms with E-state index in [0.29, 0.717) is 17.0 Å². The van der Waals surface area contributed by atoms with Crippen LogP contribution in [-0.2, 0) is 6.18 Å². The summed E-state index contributed by atoms with van der Waals surface area (Å²) >= 11 is 0. The first-order valence-corrected chi connectivity index (χ1v) is 8.47. The maximum absolute atomic E-state index is 13.2. The zero-order valence-electron chi connectivity index (χ0n) is 15.0. The Morgan fingerprint density at radius 2 is 1.79 bits per heavy atom. The molecule has 0 fully saturated rings. The molecule has 0 aliphatic heterocycles. The molecule has 7 nitrogen and oxygen atoms in total. The number of carbonyl (C=O) groups is 1.